The molecule has 5 heteroatoms. The van der Waals surface area contributed by atoms with E-state index in [0.29, 0.717) is 5.69 Å². The Hall–Kier alpha value is -2.30. The molecular formula is C13H16N4O. The fraction of sp³-hybridized carbons (Fsp3) is 0.231. The molecule has 0 saturated heterocycles. The van der Waals surface area contributed by atoms with E-state index >= 15 is 0 Å². The van der Waals surface area contributed by atoms with Crippen LogP contribution in [0.2, 0.25) is 0 Å². The Labute approximate surface area is 106 Å². The number of benzene rings is 1. The summed E-state index contributed by atoms with van der Waals surface area (Å²) < 4.78 is 1.60. The van der Waals surface area contributed by atoms with Crippen molar-refractivity contribution < 1.29 is 4.79 Å². The first-order chi connectivity index (χ1) is 8.54. The molecule has 1 aromatic carbocycles. The largest absolute Gasteiger partial charge is 0.399 e. The quantitative estimate of drug-likeness (QED) is 0.807. The number of carbonyl (C=O) groups is 1. The second-order valence-corrected chi connectivity index (χ2v) is 4.34. The van der Waals surface area contributed by atoms with Crippen molar-refractivity contribution in [2.45, 2.75) is 20.4 Å². The molecule has 2 rings (SSSR count). The molecule has 1 amide bonds. The molecule has 0 aliphatic rings. The molecule has 5 nitrogen and oxygen atoms in total. The highest BCUT2D eigenvalue weighted by Crippen LogP contribution is 2.17. The van der Waals surface area contributed by atoms with Gasteiger partial charge in [-0.25, -0.2) is 0 Å². The van der Waals surface area contributed by atoms with E-state index < -0.39 is 0 Å². The summed E-state index contributed by atoms with van der Waals surface area (Å²) in [6.07, 6.45) is 3.55. The Morgan fingerprint density at radius 3 is 2.89 bits per heavy atom. The molecule has 18 heavy (non-hydrogen) atoms. The van der Waals surface area contributed by atoms with Crippen LogP contribution in [-0.4, -0.2) is 15.7 Å². The second-order valence-electron chi connectivity index (χ2n) is 4.34. The molecule has 0 unspecified atom stereocenters. The monoisotopic (exact) mass is 244 g/mol. The van der Waals surface area contributed by atoms with Gasteiger partial charge in [0.05, 0.1) is 6.20 Å². The predicted octanol–water partition coefficient (Wildman–Crippen LogP) is 1.72. The Bertz CT molecular complexity index is 574. The van der Waals surface area contributed by atoms with Crippen LogP contribution in [-0.2, 0) is 11.3 Å². The van der Waals surface area contributed by atoms with Gasteiger partial charge in [0.2, 0.25) is 5.91 Å². The van der Waals surface area contributed by atoms with E-state index in [4.69, 9.17) is 5.73 Å². The molecule has 0 bridgehead atoms. The van der Waals surface area contributed by atoms with Crippen LogP contribution in [0.4, 0.5) is 11.4 Å². The third-order valence-electron chi connectivity index (χ3n) is 2.60. The predicted molar refractivity (Wildman–Crippen MR) is 71.2 cm³/mol. The molecule has 3 N–H and O–H groups in total. The second kappa shape index (κ2) is 4.91. The van der Waals surface area contributed by atoms with E-state index in [1.165, 1.54) is 0 Å². The van der Waals surface area contributed by atoms with E-state index in [2.05, 4.69) is 10.4 Å². The number of carbonyl (C=O) groups excluding carboxylic acids is 1. The van der Waals surface area contributed by atoms with E-state index in [9.17, 15) is 4.79 Å². The van der Waals surface area contributed by atoms with Gasteiger partial charge in [-0.2, -0.15) is 5.10 Å². The zero-order valence-electron chi connectivity index (χ0n) is 10.5. The summed E-state index contributed by atoms with van der Waals surface area (Å²) in [5, 5.41) is 6.90. The molecular weight excluding hydrogens is 228 g/mol. The van der Waals surface area contributed by atoms with E-state index in [1.54, 1.807) is 16.9 Å². The van der Waals surface area contributed by atoms with Crippen LogP contribution >= 0.6 is 0 Å². The Kier molecular flexibility index (Phi) is 3.32. The molecule has 0 aliphatic heterocycles. The number of hydrogen-bond acceptors (Lipinski definition) is 3. The zero-order valence-corrected chi connectivity index (χ0v) is 10.5. The normalized spacial score (nSPS) is 10.3. The van der Waals surface area contributed by atoms with E-state index in [1.807, 2.05) is 32.2 Å². The van der Waals surface area contributed by atoms with Crippen LogP contribution in [0.25, 0.3) is 0 Å². The lowest BCUT2D eigenvalue weighted by Crippen LogP contribution is -2.19. The van der Waals surface area contributed by atoms with Crippen LogP contribution in [0.3, 0.4) is 0 Å². The number of nitrogens with two attached hydrogens (primary N) is 1. The fourth-order valence-corrected chi connectivity index (χ4v) is 1.66. The number of nitrogens with zero attached hydrogens (tertiary/aromatic N) is 2. The maximum Gasteiger partial charge on any atom is 0.246 e. The van der Waals surface area contributed by atoms with Gasteiger partial charge in [-0.1, -0.05) is 6.07 Å². The molecule has 94 valence electrons. The lowest BCUT2D eigenvalue weighted by molar-refractivity contribution is -0.116. The van der Waals surface area contributed by atoms with Crippen molar-refractivity contribution in [2.24, 2.45) is 0 Å². The maximum atomic E-state index is 11.8. The number of nitrogen functional groups attached to an aromatic ring is 1. The summed E-state index contributed by atoms with van der Waals surface area (Å²) >= 11 is 0. The van der Waals surface area contributed by atoms with Crippen molar-refractivity contribution in [3.63, 3.8) is 0 Å². The smallest absolute Gasteiger partial charge is 0.246 e. The summed E-state index contributed by atoms with van der Waals surface area (Å²) in [6, 6.07) is 5.44. The summed E-state index contributed by atoms with van der Waals surface area (Å²) in [6.45, 7) is 4.05. The SMILES string of the molecule is Cc1cnn(CC(=O)Nc2cc(N)ccc2C)c1. The van der Waals surface area contributed by atoms with Gasteiger partial charge in [-0.05, 0) is 37.1 Å². The van der Waals surface area contributed by atoms with Crippen LogP contribution in [0.15, 0.2) is 30.6 Å². The van der Waals surface area contributed by atoms with Crippen LogP contribution < -0.4 is 11.1 Å². The highest BCUT2D eigenvalue weighted by Gasteiger charge is 2.06. The lowest BCUT2D eigenvalue weighted by Gasteiger charge is -2.09. The summed E-state index contributed by atoms with van der Waals surface area (Å²) in [5.41, 5.74) is 9.07. The lowest BCUT2D eigenvalue weighted by atomic mass is 10.2. The first kappa shape index (κ1) is 12.2. The van der Waals surface area contributed by atoms with Crippen molar-refractivity contribution in [3.05, 3.63) is 41.7 Å². The van der Waals surface area contributed by atoms with Gasteiger partial charge in [0.15, 0.2) is 0 Å². The summed E-state index contributed by atoms with van der Waals surface area (Å²) in [7, 11) is 0. The number of aryl methyl sites for hydroxylation is 2. The van der Waals surface area contributed by atoms with Crippen molar-refractivity contribution in [3.8, 4) is 0 Å². The number of anilines is 2. The number of hydrogen-bond donors (Lipinski definition) is 2. The summed E-state index contributed by atoms with van der Waals surface area (Å²) in [5.74, 6) is -0.119. The molecule has 0 atom stereocenters. The van der Waals surface area contributed by atoms with Gasteiger partial charge >= 0.3 is 0 Å². The van der Waals surface area contributed by atoms with Crippen molar-refractivity contribution >= 4 is 17.3 Å². The topological polar surface area (TPSA) is 72.9 Å². The van der Waals surface area contributed by atoms with Crippen molar-refractivity contribution in [1.82, 2.24) is 9.78 Å². The number of aromatic nitrogens is 2. The highest BCUT2D eigenvalue weighted by molar-refractivity contribution is 5.91. The average molecular weight is 244 g/mol. The minimum absolute atomic E-state index is 0.119. The van der Waals surface area contributed by atoms with Gasteiger partial charge in [-0.3, -0.25) is 9.48 Å². The van der Waals surface area contributed by atoms with Crippen molar-refractivity contribution in [1.29, 1.82) is 0 Å². The maximum absolute atomic E-state index is 11.8. The van der Waals surface area contributed by atoms with Gasteiger partial charge in [-0.15, -0.1) is 0 Å². The molecule has 1 aromatic heterocycles. The fourth-order valence-electron chi connectivity index (χ4n) is 1.66. The number of rotatable bonds is 3. The number of amides is 1. The van der Waals surface area contributed by atoms with Gasteiger partial charge < -0.3 is 11.1 Å². The van der Waals surface area contributed by atoms with Gasteiger partial charge in [0, 0.05) is 17.6 Å². The van der Waals surface area contributed by atoms with Gasteiger partial charge in [0.1, 0.15) is 6.54 Å². The molecule has 2 aromatic rings. The Morgan fingerprint density at radius 2 is 2.22 bits per heavy atom. The Balaban J connectivity index is 2.05. The summed E-state index contributed by atoms with van der Waals surface area (Å²) in [4.78, 5) is 11.8. The molecule has 0 aliphatic carbocycles. The molecule has 0 fully saturated rings. The van der Waals surface area contributed by atoms with Crippen LogP contribution in [0.1, 0.15) is 11.1 Å². The third-order valence-corrected chi connectivity index (χ3v) is 2.60. The zero-order chi connectivity index (χ0) is 13.1. The third kappa shape index (κ3) is 2.88. The van der Waals surface area contributed by atoms with E-state index in [-0.39, 0.29) is 12.5 Å². The standard InChI is InChI=1S/C13H16N4O/c1-9-6-15-17(7-9)8-13(18)16-12-5-11(14)4-3-10(12)2/h3-7H,8,14H2,1-2H3,(H,16,18). The minimum Gasteiger partial charge on any atom is -0.399 e. The molecule has 0 saturated carbocycles. The first-order valence-corrected chi connectivity index (χ1v) is 5.69. The first-order valence-electron chi connectivity index (χ1n) is 5.69. The molecule has 1 heterocycles. The Morgan fingerprint density at radius 1 is 1.44 bits per heavy atom. The van der Waals surface area contributed by atoms with Crippen LogP contribution in [0, 0.1) is 13.8 Å². The highest BCUT2D eigenvalue weighted by atomic mass is 16.2. The molecule has 0 spiro atoms. The minimum atomic E-state index is -0.119. The average Bonchev–Trinajstić information content (AvgIpc) is 2.69. The van der Waals surface area contributed by atoms with Crippen molar-refractivity contribution in [2.75, 3.05) is 11.1 Å². The van der Waals surface area contributed by atoms with Crippen LogP contribution in [0.5, 0.6) is 0 Å². The van der Waals surface area contributed by atoms with E-state index in [0.717, 1.165) is 16.8 Å². The molecule has 0 radical (unpaired) electrons. The van der Waals surface area contributed by atoms with Gasteiger partial charge in [0.25, 0.3) is 0 Å². The number of nitrogens with one attached hydrogen (secondary N) is 1.